The number of benzene rings is 2. The summed E-state index contributed by atoms with van der Waals surface area (Å²) >= 11 is 0. The second kappa shape index (κ2) is 6.64. The van der Waals surface area contributed by atoms with Gasteiger partial charge in [0.25, 0.3) is 0 Å². The van der Waals surface area contributed by atoms with Crippen molar-refractivity contribution in [1.82, 2.24) is 9.97 Å². The van der Waals surface area contributed by atoms with Gasteiger partial charge in [-0.1, -0.05) is 18.2 Å². The number of pyridine rings is 2. The average molecular weight is 451 g/mol. The number of aliphatic hydroxyl groups is 1. The van der Waals surface area contributed by atoms with Crippen LogP contribution in [-0.2, 0) is 22.1 Å². The molecule has 0 bridgehead atoms. The zero-order valence-corrected chi connectivity index (χ0v) is 17.0. The summed E-state index contributed by atoms with van der Waals surface area (Å²) in [4.78, 5) is 23.0. The van der Waals surface area contributed by atoms with E-state index in [1.165, 1.54) is 23.1 Å². The van der Waals surface area contributed by atoms with E-state index in [0.717, 1.165) is 6.07 Å². The first kappa shape index (κ1) is 19.9. The lowest BCUT2D eigenvalue weighted by Gasteiger charge is -2.43. The third-order valence-corrected chi connectivity index (χ3v) is 6.35. The van der Waals surface area contributed by atoms with E-state index >= 15 is 0 Å². The molecule has 0 saturated carbocycles. The Bertz CT molecular complexity index is 1460. The number of hydrogen-bond acceptors (Lipinski definition) is 6. The predicted octanol–water partition coefficient (Wildman–Crippen LogP) is 4.15. The quantitative estimate of drug-likeness (QED) is 0.346. The maximum Gasteiger partial charge on any atom is 0.418 e. The van der Waals surface area contributed by atoms with Gasteiger partial charge in [0.05, 0.1) is 28.0 Å². The van der Waals surface area contributed by atoms with E-state index in [1.807, 2.05) is 6.07 Å². The first-order valence-electron chi connectivity index (χ1n) is 10.3. The van der Waals surface area contributed by atoms with Gasteiger partial charge in [0.1, 0.15) is 12.2 Å². The van der Waals surface area contributed by atoms with Gasteiger partial charge in [0.15, 0.2) is 6.04 Å². The van der Waals surface area contributed by atoms with Crippen molar-refractivity contribution >= 4 is 39.1 Å². The number of aromatic nitrogens is 2. The van der Waals surface area contributed by atoms with Crippen molar-refractivity contribution in [3.63, 3.8) is 0 Å². The van der Waals surface area contributed by atoms with Crippen LogP contribution in [-0.4, -0.2) is 39.3 Å². The molecule has 2 aromatic carbocycles. The van der Waals surface area contributed by atoms with E-state index in [4.69, 9.17) is 4.74 Å². The monoisotopic (exact) mass is 451 g/mol. The van der Waals surface area contributed by atoms with E-state index in [2.05, 4.69) is 9.97 Å². The molecule has 1 N–H and O–H groups in total. The summed E-state index contributed by atoms with van der Waals surface area (Å²) in [5, 5.41) is 12.8. The topological polar surface area (TPSA) is 75.5 Å². The van der Waals surface area contributed by atoms with E-state index in [9.17, 15) is 23.1 Å². The molecule has 2 aromatic heterocycles. The normalized spacial score (nSPS) is 22.4. The minimum absolute atomic E-state index is 0.0120. The van der Waals surface area contributed by atoms with Gasteiger partial charge in [-0.15, -0.1) is 0 Å². The summed E-state index contributed by atoms with van der Waals surface area (Å²) in [6.07, 6.45) is -1.51. The predicted molar refractivity (Wildman–Crippen MR) is 114 cm³/mol. The molecule has 9 heteroatoms. The van der Waals surface area contributed by atoms with Crippen LogP contribution < -0.4 is 4.90 Å². The lowest BCUT2D eigenvalue weighted by atomic mass is 9.80. The average Bonchev–Trinajstić information content (AvgIpc) is 3.11. The van der Waals surface area contributed by atoms with Crippen LogP contribution in [0.1, 0.15) is 11.1 Å². The van der Waals surface area contributed by atoms with Gasteiger partial charge in [-0.3, -0.25) is 9.97 Å². The van der Waals surface area contributed by atoms with Gasteiger partial charge in [0.2, 0.25) is 0 Å². The molecule has 0 aliphatic carbocycles. The molecule has 2 aliphatic heterocycles. The summed E-state index contributed by atoms with van der Waals surface area (Å²) in [6, 6.07) is 10.7. The van der Waals surface area contributed by atoms with Crippen molar-refractivity contribution < 1.29 is 27.8 Å². The number of carbonyl (C=O) groups excluding carboxylic acids is 1. The Hall–Kier alpha value is -3.72. The van der Waals surface area contributed by atoms with Crippen LogP contribution >= 0.6 is 0 Å². The second-order valence-electron chi connectivity index (χ2n) is 8.30. The van der Waals surface area contributed by atoms with E-state index in [0.29, 0.717) is 33.1 Å². The summed E-state index contributed by atoms with van der Waals surface area (Å²) < 4.78 is 47.3. The van der Waals surface area contributed by atoms with Crippen molar-refractivity contribution in [3.8, 4) is 0 Å². The highest BCUT2D eigenvalue weighted by Crippen LogP contribution is 2.51. The third-order valence-electron chi connectivity index (χ3n) is 6.35. The number of alkyl halides is 3. The second-order valence-corrected chi connectivity index (χ2v) is 8.30. The molecule has 2 aliphatic rings. The summed E-state index contributed by atoms with van der Waals surface area (Å²) in [6.45, 7) is -0.317. The number of esters is 1. The Balaban J connectivity index is 1.79. The number of cyclic esters (lactones) is 1. The van der Waals surface area contributed by atoms with Gasteiger partial charge in [0, 0.05) is 29.6 Å². The first-order chi connectivity index (χ1) is 15.8. The molecular weight excluding hydrogens is 435 g/mol. The van der Waals surface area contributed by atoms with Crippen molar-refractivity contribution in [1.29, 1.82) is 0 Å². The Labute approximate surface area is 185 Å². The molecule has 6 rings (SSSR count). The fourth-order valence-corrected chi connectivity index (χ4v) is 5.04. The van der Waals surface area contributed by atoms with Gasteiger partial charge < -0.3 is 14.7 Å². The molecule has 33 heavy (non-hydrogen) atoms. The van der Waals surface area contributed by atoms with Gasteiger partial charge in [-0.05, 0) is 35.9 Å². The third kappa shape index (κ3) is 2.75. The largest absolute Gasteiger partial charge is 0.461 e. The fourth-order valence-electron chi connectivity index (χ4n) is 5.04. The number of rotatable bonds is 1. The molecule has 2 unspecified atom stereocenters. The Kier molecular flexibility index (Phi) is 4.01. The highest BCUT2D eigenvalue weighted by molar-refractivity contribution is 6.14. The lowest BCUT2D eigenvalue weighted by Crippen LogP contribution is -2.57. The number of fused-ring (bicyclic) bond motifs is 7. The molecule has 6 nitrogen and oxygen atoms in total. The summed E-state index contributed by atoms with van der Waals surface area (Å²) in [5.74, 6) is -0.782. The Morgan fingerprint density at radius 1 is 1.00 bits per heavy atom. The molecule has 1 saturated heterocycles. The van der Waals surface area contributed by atoms with Crippen molar-refractivity contribution in [2.24, 2.45) is 0 Å². The van der Waals surface area contributed by atoms with Crippen LogP contribution in [0.3, 0.4) is 0 Å². The van der Waals surface area contributed by atoms with E-state index in [1.54, 1.807) is 30.6 Å². The molecule has 0 radical (unpaired) electrons. The molecule has 1 fully saturated rings. The van der Waals surface area contributed by atoms with Crippen LogP contribution in [0.25, 0.3) is 21.8 Å². The molecule has 2 atom stereocenters. The molecule has 4 heterocycles. The van der Waals surface area contributed by atoms with Crippen molar-refractivity contribution in [3.05, 3.63) is 72.1 Å². The van der Waals surface area contributed by atoms with Crippen LogP contribution in [0, 0.1) is 0 Å². The van der Waals surface area contributed by atoms with E-state index in [-0.39, 0.29) is 18.7 Å². The zero-order chi connectivity index (χ0) is 23.0. The lowest BCUT2D eigenvalue weighted by molar-refractivity contribution is -0.140. The Morgan fingerprint density at radius 3 is 2.45 bits per heavy atom. The number of ether oxygens (including phenoxy) is 1. The molecule has 166 valence electrons. The zero-order valence-electron chi connectivity index (χ0n) is 17.0. The van der Waals surface area contributed by atoms with E-state index < -0.39 is 29.4 Å². The molecule has 0 spiro atoms. The number of hydrogen-bond donors (Lipinski definition) is 1. The first-order valence-corrected chi connectivity index (χ1v) is 10.3. The van der Waals surface area contributed by atoms with Gasteiger partial charge >= 0.3 is 12.1 Å². The minimum Gasteiger partial charge on any atom is -0.461 e. The van der Waals surface area contributed by atoms with Crippen LogP contribution in [0.2, 0.25) is 0 Å². The smallest absolute Gasteiger partial charge is 0.418 e. The SMILES string of the molecule is O=C1OCC2(O)Cc3c(c4ncccc4c4ncccc34)N(c3ccccc3C(F)(F)F)C12. The summed E-state index contributed by atoms with van der Waals surface area (Å²) in [5.41, 5.74) is -0.949. The van der Waals surface area contributed by atoms with Crippen LogP contribution in [0.4, 0.5) is 24.5 Å². The van der Waals surface area contributed by atoms with Crippen LogP contribution in [0.15, 0.2) is 60.9 Å². The van der Waals surface area contributed by atoms with Crippen LogP contribution in [0.5, 0.6) is 0 Å². The number of para-hydroxylation sites is 1. The highest BCUT2D eigenvalue weighted by atomic mass is 19.4. The number of carbonyl (C=O) groups is 1. The standard InChI is InChI=1S/C24H16F3N3O3/c25-24(26,27)16-7-1-2-8-17(16)30-20-15(11-23(32)12-33-22(31)21(23)30)13-5-3-9-28-18(13)14-6-4-10-29-19(14)20/h1-10,21,32H,11-12H2. The van der Waals surface area contributed by atoms with Crippen molar-refractivity contribution in [2.45, 2.75) is 24.2 Å². The molecule has 0 amide bonds. The summed E-state index contributed by atoms with van der Waals surface area (Å²) in [7, 11) is 0. The maximum atomic E-state index is 14.1. The van der Waals surface area contributed by atoms with Crippen molar-refractivity contribution in [2.75, 3.05) is 11.5 Å². The number of halogens is 3. The minimum atomic E-state index is -4.68. The number of anilines is 2. The maximum absolute atomic E-state index is 14.1. The fraction of sp³-hybridized carbons (Fsp3) is 0.208. The molecular formula is C24H16F3N3O3. The molecule has 4 aromatic rings. The van der Waals surface area contributed by atoms with Gasteiger partial charge in [-0.2, -0.15) is 13.2 Å². The van der Waals surface area contributed by atoms with Gasteiger partial charge in [-0.25, -0.2) is 4.79 Å². The Morgan fingerprint density at radius 2 is 1.70 bits per heavy atom. The number of nitrogens with zero attached hydrogens (tertiary/aromatic N) is 3. The highest BCUT2D eigenvalue weighted by Gasteiger charge is 2.58.